The molecule has 0 unspecified atom stereocenters. The van der Waals surface area contributed by atoms with E-state index in [2.05, 4.69) is 13.8 Å². The minimum absolute atomic E-state index is 0.197. The molecule has 1 fully saturated rings. The third-order valence-electron chi connectivity index (χ3n) is 2.99. The summed E-state index contributed by atoms with van der Waals surface area (Å²) < 4.78 is 13.0. The predicted octanol–water partition coefficient (Wildman–Crippen LogP) is 2.80. The number of hydrogen-bond acceptors (Lipinski definition) is 1. The van der Waals surface area contributed by atoms with Crippen LogP contribution < -0.4 is 5.73 Å². The van der Waals surface area contributed by atoms with Gasteiger partial charge >= 0.3 is 0 Å². The van der Waals surface area contributed by atoms with Crippen molar-refractivity contribution in [2.75, 3.05) is 0 Å². The van der Waals surface area contributed by atoms with Gasteiger partial charge in [-0.3, -0.25) is 0 Å². The summed E-state index contributed by atoms with van der Waals surface area (Å²) in [5.74, 6) is -0.197. The fourth-order valence-corrected chi connectivity index (χ4v) is 2.66. The smallest absolute Gasteiger partial charge is 0.123 e. The molecule has 1 aliphatic carbocycles. The second-order valence-corrected chi connectivity index (χ2v) is 5.18. The van der Waals surface area contributed by atoms with Crippen molar-refractivity contribution in [2.24, 2.45) is 11.1 Å². The maximum Gasteiger partial charge on any atom is 0.123 e. The summed E-state index contributed by atoms with van der Waals surface area (Å²) in [6, 6.07) is 6.65. The molecule has 0 atom stereocenters. The highest BCUT2D eigenvalue weighted by atomic mass is 19.1. The lowest BCUT2D eigenvalue weighted by atomic mass is 9.57. The van der Waals surface area contributed by atoms with Crippen LogP contribution in [0.1, 0.15) is 32.3 Å². The third-order valence-corrected chi connectivity index (χ3v) is 2.99. The monoisotopic (exact) mass is 193 g/mol. The first-order chi connectivity index (χ1) is 6.41. The molecule has 2 heteroatoms. The van der Waals surface area contributed by atoms with Crippen molar-refractivity contribution in [2.45, 2.75) is 32.2 Å². The molecule has 1 aliphatic rings. The van der Waals surface area contributed by atoms with E-state index in [1.807, 2.05) is 6.07 Å². The van der Waals surface area contributed by atoms with Gasteiger partial charge in [-0.05, 0) is 36.0 Å². The van der Waals surface area contributed by atoms with Crippen LogP contribution in [-0.2, 0) is 5.54 Å². The lowest BCUT2D eigenvalue weighted by Crippen LogP contribution is -2.53. The van der Waals surface area contributed by atoms with E-state index in [-0.39, 0.29) is 11.4 Å². The Morgan fingerprint density at radius 2 is 1.93 bits per heavy atom. The van der Waals surface area contributed by atoms with E-state index in [4.69, 9.17) is 5.73 Å². The van der Waals surface area contributed by atoms with Crippen molar-refractivity contribution in [1.82, 2.24) is 0 Å². The van der Waals surface area contributed by atoms with Crippen LogP contribution in [0.15, 0.2) is 24.3 Å². The first-order valence-corrected chi connectivity index (χ1v) is 4.96. The molecule has 1 saturated carbocycles. The maximum absolute atomic E-state index is 13.0. The Labute approximate surface area is 84.1 Å². The molecule has 0 radical (unpaired) electrons. The van der Waals surface area contributed by atoms with Gasteiger partial charge in [0.05, 0.1) is 0 Å². The van der Waals surface area contributed by atoms with Gasteiger partial charge in [0.1, 0.15) is 5.82 Å². The van der Waals surface area contributed by atoms with Crippen LogP contribution in [0.3, 0.4) is 0 Å². The van der Waals surface area contributed by atoms with Gasteiger partial charge in [-0.25, -0.2) is 4.39 Å². The van der Waals surface area contributed by atoms with Gasteiger partial charge in [-0.2, -0.15) is 0 Å². The summed E-state index contributed by atoms with van der Waals surface area (Å²) in [5, 5.41) is 0. The molecule has 14 heavy (non-hydrogen) atoms. The van der Waals surface area contributed by atoms with Crippen molar-refractivity contribution in [1.29, 1.82) is 0 Å². The zero-order valence-corrected chi connectivity index (χ0v) is 8.68. The molecule has 0 spiro atoms. The molecule has 2 rings (SSSR count). The summed E-state index contributed by atoms with van der Waals surface area (Å²) in [6.07, 6.45) is 1.87. The van der Waals surface area contributed by atoms with E-state index in [1.54, 1.807) is 12.1 Å². The number of hydrogen-bond donors (Lipinski definition) is 1. The average molecular weight is 193 g/mol. The van der Waals surface area contributed by atoms with E-state index < -0.39 is 0 Å². The SMILES string of the molecule is CC1(C)CC(N)(c2cccc(F)c2)C1. The van der Waals surface area contributed by atoms with Crippen LogP contribution in [0.25, 0.3) is 0 Å². The van der Waals surface area contributed by atoms with Crippen LogP contribution in [0, 0.1) is 11.2 Å². The Hall–Kier alpha value is -0.890. The second-order valence-electron chi connectivity index (χ2n) is 5.18. The molecule has 1 nitrogen and oxygen atoms in total. The van der Waals surface area contributed by atoms with Crippen molar-refractivity contribution < 1.29 is 4.39 Å². The highest BCUT2D eigenvalue weighted by Crippen LogP contribution is 2.51. The number of benzene rings is 1. The Kier molecular flexibility index (Phi) is 1.93. The van der Waals surface area contributed by atoms with Gasteiger partial charge in [-0.15, -0.1) is 0 Å². The average Bonchev–Trinajstić information content (AvgIpc) is 2.00. The lowest BCUT2D eigenvalue weighted by molar-refractivity contribution is 0.0616. The molecule has 0 aliphatic heterocycles. The van der Waals surface area contributed by atoms with Crippen molar-refractivity contribution in [3.8, 4) is 0 Å². The summed E-state index contributed by atoms with van der Waals surface area (Å²) >= 11 is 0. The van der Waals surface area contributed by atoms with Crippen LogP contribution in [-0.4, -0.2) is 0 Å². The molecule has 76 valence electrons. The molecular formula is C12H16FN. The van der Waals surface area contributed by atoms with Gasteiger partial charge in [-0.1, -0.05) is 26.0 Å². The van der Waals surface area contributed by atoms with Crippen molar-refractivity contribution in [3.63, 3.8) is 0 Å². The van der Waals surface area contributed by atoms with E-state index in [0.29, 0.717) is 5.41 Å². The Balaban J connectivity index is 2.25. The first-order valence-electron chi connectivity index (χ1n) is 4.96. The Bertz CT molecular complexity index is 349. The largest absolute Gasteiger partial charge is 0.321 e. The minimum Gasteiger partial charge on any atom is -0.321 e. The first kappa shape index (κ1) is 9.66. The van der Waals surface area contributed by atoms with E-state index in [9.17, 15) is 4.39 Å². The minimum atomic E-state index is -0.300. The summed E-state index contributed by atoms with van der Waals surface area (Å²) in [7, 11) is 0. The van der Waals surface area contributed by atoms with E-state index >= 15 is 0 Å². The number of rotatable bonds is 1. The Morgan fingerprint density at radius 3 is 2.43 bits per heavy atom. The fourth-order valence-electron chi connectivity index (χ4n) is 2.66. The van der Waals surface area contributed by atoms with Gasteiger partial charge in [0.25, 0.3) is 0 Å². The van der Waals surface area contributed by atoms with Gasteiger partial charge in [0.15, 0.2) is 0 Å². The molecule has 0 bridgehead atoms. The molecule has 2 N–H and O–H groups in total. The van der Waals surface area contributed by atoms with Gasteiger partial charge in [0, 0.05) is 5.54 Å². The standard InChI is InChI=1S/C12H16FN/c1-11(2)7-12(14,8-11)9-4-3-5-10(13)6-9/h3-6H,7-8,14H2,1-2H3. The highest BCUT2D eigenvalue weighted by molar-refractivity contribution is 5.28. The molecule has 0 saturated heterocycles. The van der Waals surface area contributed by atoms with Crippen molar-refractivity contribution in [3.05, 3.63) is 35.6 Å². The molecular weight excluding hydrogens is 177 g/mol. The molecule has 0 aromatic heterocycles. The molecule has 0 amide bonds. The topological polar surface area (TPSA) is 26.0 Å². The summed E-state index contributed by atoms with van der Waals surface area (Å²) in [4.78, 5) is 0. The van der Waals surface area contributed by atoms with Gasteiger partial charge in [0.2, 0.25) is 0 Å². The van der Waals surface area contributed by atoms with E-state index in [0.717, 1.165) is 18.4 Å². The van der Waals surface area contributed by atoms with Crippen molar-refractivity contribution >= 4 is 0 Å². The maximum atomic E-state index is 13.0. The van der Waals surface area contributed by atoms with Crippen LogP contribution >= 0.6 is 0 Å². The zero-order chi connectivity index (χ0) is 10.4. The quantitative estimate of drug-likeness (QED) is 0.729. The summed E-state index contributed by atoms with van der Waals surface area (Å²) in [5.41, 5.74) is 7.14. The Morgan fingerprint density at radius 1 is 1.29 bits per heavy atom. The third kappa shape index (κ3) is 1.55. The molecule has 0 heterocycles. The van der Waals surface area contributed by atoms with Crippen LogP contribution in [0.2, 0.25) is 0 Å². The highest BCUT2D eigenvalue weighted by Gasteiger charge is 2.47. The normalized spacial score (nSPS) is 22.9. The molecule has 1 aromatic carbocycles. The van der Waals surface area contributed by atoms with Crippen LogP contribution in [0.4, 0.5) is 4.39 Å². The second kappa shape index (κ2) is 2.80. The number of nitrogens with two attached hydrogens (primary N) is 1. The number of halogens is 1. The van der Waals surface area contributed by atoms with Gasteiger partial charge < -0.3 is 5.73 Å². The summed E-state index contributed by atoms with van der Waals surface area (Å²) in [6.45, 7) is 4.38. The predicted molar refractivity (Wildman–Crippen MR) is 55.3 cm³/mol. The van der Waals surface area contributed by atoms with E-state index in [1.165, 1.54) is 6.07 Å². The zero-order valence-electron chi connectivity index (χ0n) is 8.68. The lowest BCUT2D eigenvalue weighted by Gasteiger charge is -2.51. The fraction of sp³-hybridized carbons (Fsp3) is 0.500. The molecule has 1 aromatic rings. The van der Waals surface area contributed by atoms with Crippen LogP contribution in [0.5, 0.6) is 0 Å².